The molecule has 1 N–H and O–H groups in total. The van der Waals surface area contributed by atoms with Gasteiger partial charge in [-0.2, -0.15) is 0 Å². The highest BCUT2D eigenvalue weighted by Crippen LogP contribution is 2.18. The maximum Gasteiger partial charge on any atom is 0.337 e. The van der Waals surface area contributed by atoms with Crippen LogP contribution in [0.5, 0.6) is 0 Å². The monoisotopic (exact) mass is 276 g/mol. The van der Waals surface area contributed by atoms with E-state index in [9.17, 15) is 4.79 Å². The van der Waals surface area contributed by atoms with Crippen LogP contribution >= 0.6 is 11.3 Å². The molecule has 0 unspecified atom stereocenters. The highest BCUT2D eigenvalue weighted by molar-refractivity contribution is 7.09. The standard InChI is InChI=1S/C14H16N2O2S/c1-10-8-11(14(17)18)9-15-13(10)16(2)6-5-12-4-3-7-19-12/h3-4,7-9H,5-6H2,1-2H3,(H,17,18). The minimum absolute atomic E-state index is 0.230. The third-order valence-corrected chi connectivity index (χ3v) is 3.87. The number of thiophene rings is 1. The molecule has 2 rings (SSSR count). The Morgan fingerprint density at radius 2 is 2.32 bits per heavy atom. The van der Waals surface area contributed by atoms with Crippen LogP contribution in [0.2, 0.25) is 0 Å². The van der Waals surface area contributed by atoms with Gasteiger partial charge in [-0.15, -0.1) is 11.3 Å². The van der Waals surface area contributed by atoms with E-state index in [4.69, 9.17) is 5.11 Å². The fraction of sp³-hybridized carbons (Fsp3) is 0.286. The zero-order chi connectivity index (χ0) is 13.8. The van der Waals surface area contributed by atoms with Crippen LogP contribution in [0.1, 0.15) is 20.8 Å². The molecule has 100 valence electrons. The fourth-order valence-electron chi connectivity index (χ4n) is 1.92. The van der Waals surface area contributed by atoms with E-state index in [2.05, 4.69) is 21.3 Å². The quantitative estimate of drug-likeness (QED) is 0.912. The molecule has 0 saturated carbocycles. The molecule has 0 saturated heterocycles. The Kier molecular flexibility index (Phi) is 4.16. The van der Waals surface area contributed by atoms with Gasteiger partial charge in [-0.3, -0.25) is 0 Å². The molecule has 0 bridgehead atoms. The summed E-state index contributed by atoms with van der Waals surface area (Å²) < 4.78 is 0. The zero-order valence-electron chi connectivity index (χ0n) is 11.0. The van der Waals surface area contributed by atoms with Gasteiger partial charge in [0.1, 0.15) is 5.82 Å². The number of rotatable bonds is 5. The van der Waals surface area contributed by atoms with Crippen molar-refractivity contribution in [2.24, 2.45) is 0 Å². The van der Waals surface area contributed by atoms with Crippen molar-refractivity contribution < 1.29 is 9.90 Å². The first-order valence-corrected chi connectivity index (χ1v) is 6.89. The van der Waals surface area contributed by atoms with Crippen LogP contribution in [-0.2, 0) is 6.42 Å². The first-order valence-electron chi connectivity index (χ1n) is 6.01. The molecule has 0 aromatic carbocycles. The summed E-state index contributed by atoms with van der Waals surface area (Å²) in [5.74, 6) is -0.107. The molecule has 2 aromatic heterocycles. The Bertz CT molecular complexity index is 567. The van der Waals surface area contributed by atoms with Gasteiger partial charge in [-0.05, 0) is 36.4 Å². The second-order valence-electron chi connectivity index (χ2n) is 4.42. The van der Waals surface area contributed by atoms with E-state index in [1.54, 1.807) is 17.4 Å². The Labute approximate surface area is 116 Å². The predicted octanol–water partition coefficient (Wildman–Crippen LogP) is 2.83. The topological polar surface area (TPSA) is 53.4 Å². The number of nitrogens with zero attached hydrogens (tertiary/aromatic N) is 2. The third-order valence-electron chi connectivity index (χ3n) is 2.93. The van der Waals surface area contributed by atoms with Gasteiger partial charge in [0.2, 0.25) is 0 Å². The zero-order valence-corrected chi connectivity index (χ0v) is 11.8. The van der Waals surface area contributed by atoms with Gasteiger partial charge >= 0.3 is 5.97 Å². The van der Waals surface area contributed by atoms with E-state index in [1.807, 2.05) is 20.0 Å². The van der Waals surface area contributed by atoms with Crippen LogP contribution in [0, 0.1) is 6.92 Å². The lowest BCUT2D eigenvalue weighted by atomic mass is 10.2. The lowest BCUT2D eigenvalue weighted by Gasteiger charge is -2.19. The first-order chi connectivity index (χ1) is 9.08. The first kappa shape index (κ1) is 13.5. The van der Waals surface area contributed by atoms with E-state index in [0.717, 1.165) is 24.3 Å². The molecule has 0 amide bonds. The predicted molar refractivity (Wildman–Crippen MR) is 77.2 cm³/mol. The summed E-state index contributed by atoms with van der Waals surface area (Å²) in [6.07, 6.45) is 2.38. The molecular formula is C14H16N2O2S. The number of likely N-dealkylation sites (N-methyl/N-ethyl adjacent to an activating group) is 1. The number of aryl methyl sites for hydroxylation is 1. The largest absolute Gasteiger partial charge is 0.478 e. The Hall–Kier alpha value is -1.88. The number of anilines is 1. The van der Waals surface area contributed by atoms with E-state index < -0.39 is 5.97 Å². The van der Waals surface area contributed by atoms with E-state index in [0.29, 0.717) is 0 Å². The number of carboxylic acid groups (broad SMARTS) is 1. The lowest BCUT2D eigenvalue weighted by molar-refractivity contribution is 0.0696. The molecule has 2 heterocycles. The minimum Gasteiger partial charge on any atom is -0.478 e. The second kappa shape index (κ2) is 5.84. The maximum atomic E-state index is 10.9. The molecular weight excluding hydrogens is 260 g/mol. The molecule has 0 atom stereocenters. The second-order valence-corrected chi connectivity index (χ2v) is 5.45. The summed E-state index contributed by atoms with van der Waals surface area (Å²) in [6.45, 7) is 2.75. The lowest BCUT2D eigenvalue weighted by Crippen LogP contribution is -2.22. The molecule has 5 heteroatoms. The van der Waals surface area contributed by atoms with Gasteiger partial charge in [-0.1, -0.05) is 6.07 Å². The molecule has 0 aliphatic heterocycles. The van der Waals surface area contributed by atoms with Crippen LogP contribution in [0.15, 0.2) is 29.8 Å². The van der Waals surface area contributed by atoms with Gasteiger partial charge in [0.05, 0.1) is 5.56 Å². The van der Waals surface area contributed by atoms with Crippen LogP contribution in [0.25, 0.3) is 0 Å². The van der Waals surface area contributed by atoms with E-state index in [-0.39, 0.29) is 5.56 Å². The summed E-state index contributed by atoms with van der Waals surface area (Å²) >= 11 is 1.75. The normalized spacial score (nSPS) is 10.4. The average Bonchev–Trinajstić information content (AvgIpc) is 2.88. The van der Waals surface area contributed by atoms with Crippen molar-refractivity contribution in [1.29, 1.82) is 0 Å². The number of hydrogen-bond donors (Lipinski definition) is 1. The number of hydrogen-bond acceptors (Lipinski definition) is 4. The molecule has 2 aromatic rings. The van der Waals surface area contributed by atoms with Crippen molar-refractivity contribution in [2.75, 3.05) is 18.5 Å². The van der Waals surface area contributed by atoms with Crippen molar-refractivity contribution in [3.8, 4) is 0 Å². The number of carbonyl (C=O) groups is 1. The van der Waals surface area contributed by atoms with Gasteiger partial charge in [0, 0.05) is 24.7 Å². The smallest absolute Gasteiger partial charge is 0.337 e. The number of pyridine rings is 1. The Balaban J connectivity index is 2.06. The van der Waals surface area contributed by atoms with Gasteiger partial charge in [0.15, 0.2) is 0 Å². The minimum atomic E-state index is -0.941. The van der Waals surface area contributed by atoms with Crippen LogP contribution in [0.4, 0.5) is 5.82 Å². The van der Waals surface area contributed by atoms with Crippen LogP contribution in [-0.4, -0.2) is 29.7 Å². The number of aromatic carboxylic acids is 1. The van der Waals surface area contributed by atoms with Gasteiger partial charge in [0.25, 0.3) is 0 Å². The van der Waals surface area contributed by atoms with Gasteiger partial charge < -0.3 is 10.0 Å². The highest BCUT2D eigenvalue weighted by Gasteiger charge is 2.10. The summed E-state index contributed by atoms with van der Waals surface area (Å²) in [6, 6.07) is 5.82. The van der Waals surface area contributed by atoms with Crippen molar-refractivity contribution >= 4 is 23.1 Å². The Morgan fingerprint density at radius 1 is 1.53 bits per heavy atom. The molecule has 19 heavy (non-hydrogen) atoms. The van der Waals surface area contributed by atoms with Crippen molar-refractivity contribution in [2.45, 2.75) is 13.3 Å². The summed E-state index contributed by atoms with van der Waals surface area (Å²) in [5.41, 5.74) is 1.11. The van der Waals surface area contributed by atoms with Gasteiger partial charge in [-0.25, -0.2) is 9.78 Å². The molecule has 0 aliphatic rings. The SMILES string of the molecule is Cc1cc(C(=O)O)cnc1N(C)CCc1cccs1. The number of aromatic nitrogens is 1. The van der Waals surface area contributed by atoms with Crippen molar-refractivity contribution in [3.05, 3.63) is 45.8 Å². The molecule has 0 radical (unpaired) electrons. The third kappa shape index (κ3) is 3.32. The maximum absolute atomic E-state index is 10.9. The van der Waals surface area contributed by atoms with Crippen molar-refractivity contribution in [3.63, 3.8) is 0 Å². The molecule has 0 fully saturated rings. The Morgan fingerprint density at radius 3 is 2.89 bits per heavy atom. The van der Waals surface area contributed by atoms with Crippen molar-refractivity contribution in [1.82, 2.24) is 4.98 Å². The number of carboxylic acids is 1. The summed E-state index contributed by atoms with van der Waals surface area (Å²) in [5, 5.41) is 11.0. The van der Waals surface area contributed by atoms with E-state index in [1.165, 1.54) is 11.1 Å². The average molecular weight is 276 g/mol. The van der Waals surface area contributed by atoms with E-state index >= 15 is 0 Å². The summed E-state index contributed by atoms with van der Waals surface area (Å²) in [4.78, 5) is 18.5. The van der Waals surface area contributed by atoms with Crippen LogP contribution in [0.3, 0.4) is 0 Å². The fourth-order valence-corrected chi connectivity index (χ4v) is 2.62. The molecule has 4 nitrogen and oxygen atoms in total. The highest BCUT2D eigenvalue weighted by atomic mass is 32.1. The molecule has 0 aliphatic carbocycles. The van der Waals surface area contributed by atoms with Crippen LogP contribution < -0.4 is 4.90 Å². The molecule has 0 spiro atoms. The summed E-state index contributed by atoms with van der Waals surface area (Å²) in [7, 11) is 1.98.